The van der Waals surface area contributed by atoms with Crippen molar-refractivity contribution in [3.05, 3.63) is 23.2 Å². The Morgan fingerprint density at radius 2 is 2.00 bits per heavy atom. The standard InChI is InChI=1S/C18H25ClN2O2.ClH/c1-11(2)23-17-6-5-15(10-16(17)19)21-18(22)9-12-7-13-3-4-14(8-12)20-13;/h5-6,10-14,20H,3-4,7-9H2,1-2H3,(H,21,22);1H. The number of anilines is 1. The van der Waals surface area contributed by atoms with E-state index in [9.17, 15) is 4.79 Å². The molecule has 134 valence electrons. The summed E-state index contributed by atoms with van der Waals surface area (Å²) in [5.74, 6) is 1.22. The molecule has 2 unspecified atom stereocenters. The molecule has 4 nitrogen and oxygen atoms in total. The average Bonchev–Trinajstić information content (AvgIpc) is 2.80. The van der Waals surface area contributed by atoms with E-state index in [1.54, 1.807) is 6.07 Å². The maximum absolute atomic E-state index is 12.3. The number of fused-ring (bicyclic) bond motifs is 2. The number of halogens is 2. The summed E-state index contributed by atoms with van der Waals surface area (Å²) in [5.41, 5.74) is 0.730. The van der Waals surface area contributed by atoms with Gasteiger partial charge in [-0.05, 0) is 63.6 Å². The molecule has 1 aromatic rings. The maximum Gasteiger partial charge on any atom is 0.224 e. The van der Waals surface area contributed by atoms with E-state index in [2.05, 4.69) is 10.6 Å². The van der Waals surface area contributed by atoms with Crippen LogP contribution in [0.4, 0.5) is 5.69 Å². The van der Waals surface area contributed by atoms with Crippen molar-refractivity contribution in [2.24, 2.45) is 5.92 Å². The second kappa shape index (κ2) is 8.41. The minimum atomic E-state index is 0. The van der Waals surface area contributed by atoms with Crippen molar-refractivity contribution in [3.63, 3.8) is 0 Å². The molecule has 0 saturated carbocycles. The molecule has 2 saturated heterocycles. The lowest BCUT2D eigenvalue weighted by Gasteiger charge is -2.28. The van der Waals surface area contributed by atoms with Gasteiger partial charge in [0.15, 0.2) is 0 Å². The molecule has 2 bridgehead atoms. The molecule has 6 heteroatoms. The summed E-state index contributed by atoms with van der Waals surface area (Å²) in [6.45, 7) is 3.91. The number of hydrogen-bond acceptors (Lipinski definition) is 3. The molecule has 0 radical (unpaired) electrons. The van der Waals surface area contributed by atoms with Gasteiger partial charge in [-0.2, -0.15) is 0 Å². The molecule has 0 spiro atoms. The molecule has 0 aliphatic carbocycles. The number of hydrogen-bond donors (Lipinski definition) is 2. The predicted octanol–water partition coefficient (Wildman–Crippen LogP) is 4.41. The van der Waals surface area contributed by atoms with Gasteiger partial charge in [0.05, 0.1) is 11.1 Å². The molecule has 2 atom stereocenters. The van der Waals surface area contributed by atoms with Crippen molar-refractivity contribution >= 4 is 35.6 Å². The lowest BCUT2D eigenvalue weighted by atomic mass is 9.89. The zero-order valence-corrected chi connectivity index (χ0v) is 15.8. The number of amides is 1. The second-order valence-electron chi connectivity index (χ2n) is 7.04. The number of nitrogens with one attached hydrogen (secondary N) is 2. The number of benzene rings is 1. The minimum Gasteiger partial charge on any atom is -0.489 e. The largest absolute Gasteiger partial charge is 0.489 e. The fraction of sp³-hybridized carbons (Fsp3) is 0.611. The first kappa shape index (κ1) is 19.4. The summed E-state index contributed by atoms with van der Waals surface area (Å²) < 4.78 is 5.61. The summed E-state index contributed by atoms with van der Waals surface area (Å²) in [5, 5.41) is 7.10. The average molecular weight is 373 g/mol. The number of ether oxygens (including phenoxy) is 1. The summed E-state index contributed by atoms with van der Waals surface area (Å²) in [6.07, 6.45) is 5.42. The lowest BCUT2D eigenvalue weighted by Crippen LogP contribution is -2.39. The highest BCUT2D eigenvalue weighted by Crippen LogP contribution is 2.33. The topological polar surface area (TPSA) is 50.4 Å². The summed E-state index contributed by atoms with van der Waals surface area (Å²) in [4.78, 5) is 12.3. The third-order valence-electron chi connectivity index (χ3n) is 4.62. The van der Waals surface area contributed by atoms with Crippen LogP contribution < -0.4 is 15.4 Å². The van der Waals surface area contributed by atoms with Crippen LogP contribution in [0, 0.1) is 5.92 Å². The molecule has 3 rings (SSSR count). The molecule has 0 aromatic heterocycles. The van der Waals surface area contributed by atoms with Crippen molar-refractivity contribution in [1.82, 2.24) is 5.32 Å². The van der Waals surface area contributed by atoms with Gasteiger partial charge in [0, 0.05) is 24.2 Å². The van der Waals surface area contributed by atoms with Crippen LogP contribution in [-0.2, 0) is 4.79 Å². The molecule has 2 N–H and O–H groups in total. The molecule has 2 fully saturated rings. The van der Waals surface area contributed by atoms with Gasteiger partial charge in [-0.3, -0.25) is 4.79 Å². The van der Waals surface area contributed by atoms with Crippen LogP contribution in [0.25, 0.3) is 0 Å². The minimum absolute atomic E-state index is 0. The normalized spacial score (nSPS) is 25.2. The second-order valence-corrected chi connectivity index (χ2v) is 7.45. The number of piperidine rings is 1. The van der Waals surface area contributed by atoms with Crippen molar-refractivity contribution in [2.45, 2.75) is 64.1 Å². The van der Waals surface area contributed by atoms with Crippen molar-refractivity contribution in [1.29, 1.82) is 0 Å². The van der Waals surface area contributed by atoms with Gasteiger partial charge < -0.3 is 15.4 Å². The van der Waals surface area contributed by atoms with Gasteiger partial charge in [-0.1, -0.05) is 11.6 Å². The zero-order valence-electron chi connectivity index (χ0n) is 14.2. The fourth-order valence-electron chi connectivity index (χ4n) is 3.74. The van der Waals surface area contributed by atoms with E-state index in [0.717, 1.165) is 18.5 Å². The van der Waals surface area contributed by atoms with Crippen LogP contribution in [0.2, 0.25) is 5.02 Å². The first-order valence-electron chi connectivity index (χ1n) is 8.51. The van der Waals surface area contributed by atoms with E-state index in [4.69, 9.17) is 16.3 Å². The van der Waals surface area contributed by atoms with Gasteiger partial charge in [0.1, 0.15) is 5.75 Å². The Morgan fingerprint density at radius 3 is 2.58 bits per heavy atom. The SMILES string of the molecule is CC(C)Oc1ccc(NC(=O)CC2CC3CCC(C2)N3)cc1Cl.Cl. The monoisotopic (exact) mass is 372 g/mol. The molecule has 2 aliphatic heterocycles. The summed E-state index contributed by atoms with van der Waals surface area (Å²) in [6, 6.07) is 6.64. The quantitative estimate of drug-likeness (QED) is 0.804. The van der Waals surface area contributed by atoms with Crippen molar-refractivity contribution in [3.8, 4) is 5.75 Å². The first-order chi connectivity index (χ1) is 11.0. The Morgan fingerprint density at radius 1 is 1.33 bits per heavy atom. The van der Waals surface area contributed by atoms with Crippen LogP contribution in [0.15, 0.2) is 18.2 Å². The van der Waals surface area contributed by atoms with Gasteiger partial charge in [-0.25, -0.2) is 0 Å². The molecular weight excluding hydrogens is 347 g/mol. The van der Waals surface area contributed by atoms with E-state index in [0.29, 0.717) is 35.2 Å². The summed E-state index contributed by atoms with van der Waals surface area (Å²) in [7, 11) is 0. The number of rotatable bonds is 5. The van der Waals surface area contributed by atoms with Crippen molar-refractivity contribution < 1.29 is 9.53 Å². The van der Waals surface area contributed by atoms with Gasteiger partial charge >= 0.3 is 0 Å². The summed E-state index contributed by atoms with van der Waals surface area (Å²) >= 11 is 6.21. The third kappa shape index (κ3) is 5.01. The van der Waals surface area contributed by atoms with E-state index in [-0.39, 0.29) is 24.4 Å². The number of carbonyl (C=O) groups is 1. The molecule has 1 amide bonds. The Hall–Kier alpha value is -0.970. The smallest absolute Gasteiger partial charge is 0.224 e. The van der Waals surface area contributed by atoms with E-state index < -0.39 is 0 Å². The zero-order chi connectivity index (χ0) is 16.4. The molecule has 2 heterocycles. The van der Waals surface area contributed by atoms with E-state index in [1.807, 2.05) is 26.0 Å². The third-order valence-corrected chi connectivity index (χ3v) is 4.92. The Labute approximate surface area is 155 Å². The van der Waals surface area contributed by atoms with Gasteiger partial charge in [0.2, 0.25) is 5.91 Å². The lowest BCUT2D eigenvalue weighted by molar-refractivity contribution is -0.117. The maximum atomic E-state index is 12.3. The van der Waals surface area contributed by atoms with E-state index >= 15 is 0 Å². The van der Waals surface area contributed by atoms with Gasteiger partial charge in [-0.15, -0.1) is 12.4 Å². The predicted molar refractivity (Wildman–Crippen MR) is 100 cm³/mol. The highest BCUT2D eigenvalue weighted by Gasteiger charge is 2.34. The van der Waals surface area contributed by atoms with Crippen LogP contribution >= 0.6 is 24.0 Å². The number of carbonyl (C=O) groups excluding carboxylic acids is 1. The highest BCUT2D eigenvalue weighted by atomic mass is 35.5. The van der Waals surface area contributed by atoms with Crippen LogP contribution in [-0.4, -0.2) is 24.1 Å². The highest BCUT2D eigenvalue weighted by molar-refractivity contribution is 6.32. The van der Waals surface area contributed by atoms with E-state index in [1.165, 1.54) is 12.8 Å². The van der Waals surface area contributed by atoms with Crippen LogP contribution in [0.3, 0.4) is 0 Å². The van der Waals surface area contributed by atoms with Crippen LogP contribution in [0.5, 0.6) is 5.75 Å². The molecular formula is C18H26Cl2N2O2. The first-order valence-corrected chi connectivity index (χ1v) is 8.89. The molecule has 1 aromatic carbocycles. The van der Waals surface area contributed by atoms with Crippen molar-refractivity contribution in [2.75, 3.05) is 5.32 Å². The van der Waals surface area contributed by atoms with Gasteiger partial charge in [0.25, 0.3) is 0 Å². The molecule has 24 heavy (non-hydrogen) atoms. The fourth-order valence-corrected chi connectivity index (χ4v) is 3.97. The Kier molecular flexibility index (Phi) is 6.79. The Balaban J connectivity index is 0.00000208. The van der Waals surface area contributed by atoms with Crippen LogP contribution in [0.1, 0.15) is 46.0 Å². The Bertz CT molecular complexity index is 568. The molecule has 2 aliphatic rings.